The Morgan fingerprint density at radius 1 is 1.39 bits per heavy atom. The molecular formula is C14H17ClO3. The highest BCUT2D eigenvalue weighted by atomic mass is 35.5. The van der Waals surface area contributed by atoms with E-state index in [-0.39, 0.29) is 11.8 Å². The fraction of sp³-hybridized carbons (Fsp3) is 0.500. The molecule has 0 aliphatic heterocycles. The van der Waals surface area contributed by atoms with Gasteiger partial charge in [-0.2, -0.15) is 0 Å². The highest BCUT2D eigenvalue weighted by Gasteiger charge is 2.32. The summed E-state index contributed by atoms with van der Waals surface area (Å²) in [6.45, 7) is 0. The number of carbonyl (C=O) groups is 1. The Kier molecular flexibility index (Phi) is 4.12. The van der Waals surface area contributed by atoms with Gasteiger partial charge in [0.15, 0.2) is 0 Å². The highest BCUT2D eigenvalue weighted by molar-refractivity contribution is 6.32. The Balaban J connectivity index is 2.30. The molecule has 98 valence electrons. The molecule has 1 fully saturated rings. The molecule has 3 nitrogen and oxygen atoms in total. The Morgan fingerprint density at radius 2 is 2.11 bits per heavy atom. The maximum Gasteiger partial charge on any atom is 0.307 e. The maximum atomic E-state index is 11.3. The average Bonchev–Trinajstić information content (AvgIpc) is 2.39. The van der Waals surface area contributed by atoms with Gasteiger partial charge in [0, 0.05) is 0 Å². The third-order valence-corrected chi connectivity index (χ3v) is 4.00. The van der Waals surface area contributed by atoms with Gasteiger partial charge in [-0.05, 0) is 36.5 Å². The van der Waals surface area contributed by atoms with Gasteiger partial charge >= 0.3 is 5.97 Å². The van der Waals surface area contributed by atoms with Crippen LogP contribution in [-0.4, -0.2) is 18.2 Å². The largest absolute Gasteiger partial charge is 0.495 e. The quantitative estimate of drug-likeness (QED) is 0.909. The molecule has 1 aliphatic carbocycles. The van der Waals surface area contributed by atoms with Crippen LogP contribution in [0.1, 0.15) is 37.2 Å². The lowest BCUT2D eigenvalue weighted by Gasteiger charge is -2.29. The Bertz CT molecular complexity index is 445. The summed E-state index contributed by atoms with van der Waals surface area (Å²) in [5.41, 5.74) is 1.02. The topological polar surface area (TPSA) is 46.5 Å². The monoisotopic (exact) mass is 268 g/mol. The van der Waals surface area contributed by atoms with Gasteiger partial charge < -0.3 is 9.84 Å². The van der Waals surface area contributed by atoms with E-state index in [1.807, 2.05) is 12.1 Å². The molecule has 1 aromatic carbocycles. The van der Waals surface area contributed by atoms with Crippen LogP contribution in [0.2, 0.25) is 5.02 Å². The van der Waals surface area contributed by atoms with Crippen LogP contribution in [0.4, 0.5) is 0 Å². The van der Waals surface area contributed by atoms with Crippen LogP contribution in [0.3, 0.4) is 0 Å². The minimum Gasteiger partial charge on any atom is -0.495 e. The number of rotatable bonds is 3. The molecule has 0 amide bonds. The van der Waals surface area contributed by atoms with Gasteiger partial charge in [-0.1, -0.05) is 30.5 Å². The van der Waals surface area contributed by atoms with Gasteiger partial charge in [0.25, 0.3) is 0 Å². The summed E-state index contributed by atoms with van der Waals surface area (Å²) in [5.74, 6) is -0.301. The first-order valence-electron chi connectivity index (χ1n) is 6.19. The smallest absolute Gasteiger partial charge is 0.307 e. The fourth-order valence-electron chi connectivity index (χ4n) is 2.73. The second kappa shape index (κ2) is 5.61. The van der Waals surface area contributed by atoms with E-state index in [1.54, 1.807) is 13.2 Å². The molecular weight excluding hydrogens is 252 g/mol. The first kappa shape index (κ1) is 13.2. The van der Waals surface area contributed by atoms with Crippen molar-refractivity contribution in [1.82, 2.24) is 0 Å². The maximum absolute atomic E-state index is 11.3. The third kappa shape index (κ3) is 2.61. The molecule has 1 aliphatic rings. The zero-order chi connectivity index (χ0) is 13.1. The number of benzene rings is 1. The molecule has 0 aromatic heterocycles. The Hall–Kier alpha value is -1.22. The number of ether oxygens (including phenoxy) is 1. The van der Waals surface area contributed by atoms with Gasteiger partial charge in [-0.15, -0.1) is 0 Å². The van der Waals surface area contributed by atoms with Crippen LogP contribution in [0.25, 0.3) is 0 Å². The third-order valence-electron chi connectivity index (χ3n) is 3.69. The number of hydrogen-bond donors (Lipinski definition) is 1. The van der Waals surface area contributed by atoms with Crippen LogP contribution >= 0.6 is 11.6 Å². The molecule has 2 unspecified atom stereocenters. The molecule has 1 N–H and O–H groups in total. The average molecular weight is 269 g/mol. The van der Waals surface area contributed by atoms with E-state index in [9.17, 15) is 9.90 Å². The van der Waals surface area contributed by atoms with Crippen molar-refractivity contribution in [3.63, 3.8) is 0 Å². The van der Waals surface area contributed by atoms with Crippen LogP contribution < -0.4 is 4.74 Å². The number of carboxylic acids is 1. The van der Waals surface area contributed by atoms with Gasteiger partial charge in [-0.25, -0.2) is 0 Å². The van der Waals surface area contributed by atoms with Gasteiger partial charge in [0.05, 0.1) is 18.1 Å². The van der Waals surface area contributed by atoms with Crippen molar-refractivity contribution in [2.45, 2.75) is 31.6 Å². The van der Waals surface area contributed by atoms with Gasteiger partial charge in [0.1, 0.15) is 5.75 Å². The van der Waals surface area contributed by atoms with Crippen molar-refractivity contribution in [3.8, 4) is 5.75 Å². The van der Waals surface area contributed by atoms with Crippen molar-refractivity contribution < 1.29 is 14.6 Å². The fourth-order valence-corrected chi connectivity index (χ4v) is 2.93. The standard InChI is InChI=1S/C14H17ClO3/c1-18-13-8-9(6-7-12(13)15)10-4-2-3-5-11(10)14(16)17/h6-8,10-11H,2-5H2,1H3,(H,16,17). The number of halogens is 1. The molecule has 4 heteroatoms. The molecule has 0 bridgehead atoms. The van der Waals surface area contributed by atoms with Crippen LogP contribution in [0.5, 0.6) is 5.75 Å². The lowest BCUT2D eigenvalue weighted by atomic mass is 9.75. The summed E-state index contributed by atoms with van der Waals surface area (Å²) in [4.78, 5) is 11.3. The predicted octanol–water partition coefficient (Wildman–Crippen LogP) is 3.71. The highest BCUT2D eigenvalue weighted by Crippen LogP contribution is 2.40. The minimum absolute atomic E-state index is 0.0717. The second-order valence-electron chi connectivity index (χ2n) is 4.73. The van der Waals surface area contributed by atoms with Crippen molar-refractivity contribution >= 4 is 17.6 Å². The molecule has 0 radical (unpaired) electrons. The Morgan fingerprint density at radius 3 is 2.78 bits per heavy atom. The first-order chi connectivity index (χ1) is 8.63. The minimum atomic E-state index is -0.700. The predicted molar refractivity (Wildman–Crippen MR) is 70.3 cm³/mol. The number of methoxy groups -OCH3 is 1. The van der Waals surface area contributed by atoms with Crippen molar-refractivity contribution in [1.29, 1.82) is 0 Å². The number of hydrogen-bond acceptors (Lipinski definition) is 2. The van der Waals surface area contributed by atoms with Crippen molar-refractivity contribution in [3.05, 3.63) is 28.8 Å². The van der Waals surface area contributed by atoms with Crippen LogP contribution in [-0.2, 0) is 4.79 Å². The zero-order valence-electron chi connectivity index (χ0n) is 10.4. The molecule has 1 aromatic rings. The van der Waals surface area contributed by atoms with Crippen molar-refractivity contribution in [2.75, 3.05) is 7.11 Å². The van der Waals surface area contributed by atoms with Gasteiger partial charge in [-0.3, -0.25) is 4.79 Å². The SMILES string of the molecule is COc1cc(C2CCCCC2C(=O)O)ccc1Cl. The first-order valence-corrected chi connectivity index (χ1v) is 6.57. The van der Waals surface area contributed by atoms with E-state index in [1.165, 1.54) is 0 Å². The normalized spacial score (nSPS) is 23.7. The molecule has 2 atom stereocenters. The van der Waals surface area contributed by atoms with E-state index >= 15 is 0 Å². The summed E-state index contributed by atoms with van der Waals surface area (Å²) in [6, 6.07) is 5.56. The molecule has 0 saturated heterocycles. The van der Waals surface area contributed by atoms with Crippen LogP contribution in [0, 0.1) is 5.92 Å². The molecule has 0 spiro atoms. The molecule has 18 heavy (non-hydrogen) atoms. The Labute approximate surface area is 112 Å². The summed E-state index contributed by atoms with van der Waals surface area (Å²) in [5, 5.41) is 9.85. The van der Waals surface area contributed by atoms with Gasteiger partial charge in [0.2, 0.25) is 0 Å². The molecule has 0 heterocycles. The van der Waals surface area contributed by atoms with Crippen LogP contribution in [0.15, 0.2) is 18.2 Å². The summed E-state index contributed by atoms with van der Waals surface area (Å²) in [7, 11) is 1.57. The molecule has 2 rings (SSSR count). The second-order valence-corrected chi connectivity index (χ2v) is 5.14. The van der Waals surface area contributed by atoms with E-state index < -0.39 is 5.97 Å². The summed E-state index contributed by atoms with van der Waals surface area (Å²) >= 11 is 5.99. The van der Waals surface area contributed by atoms with E-state index in [0.717, 1.165) is 31.2 Å². The summed E-state index contributed by atoms with van der Waals surface area (Å²) in [6.07, 6.45) is 3.75. The van der Waals surface area contributed by atoms with E-state index in [4.69, 9.17) is 16.3 Å². The number of aliphatic carboxylic acids is 1. The lowest BCUT2D eigenvalue weighted by Crippen LogP contribution is -2.25. The molecule has 1 saturated carbocycles. The summed E-state index contributed by atoms with van der Waals surface area (Å²) < 4.78 is 5.19. The number of carboxylic acid groups (broad SMARTS) is 1. The van der Waals surface area contributed by atoms with Crippen molar-refractivity contribution in [2.24, 2.45) is 5.92 Å². The zero-order valence-corrected chi connectivity index (χ0v) is 11.1. The van der Waals surface area contributed by atoms with E-state index in [2.05, 4.69) is 0 Å². The lowest BCUT2D eigenvalue weighted by molar-refractivity contribution is -0.143. The van der Waals surface area contributed by atoms with E-state index in [0.29, 0.717) is 10.8 Å².